The maximum absolute atomic E-state index is 7.11. The molecule has 1 aliphatic rings. The average molecular weight is 818 g/mol. The van der Waals surface area contributed by atoms with E-state index in [4.69, 9.17) is 4.42 Å². The molecule has 0 atom stereocenters. The first-order chi connectivity index (χ1) is 31.7. The van der Waals surface area contributed by atoms with Crippen molar-refractivity contribution in [2.45, 2.75) is 13.3 Å². The Morgan fingerprint density at radius 3 is 1.81 bits per heavy atom. The summed E-state index contributed by atoms with van der Waals surface area (Å²) in [5, 5.41) is 4.67. The summed E-state index contributed by atoms with van der Waals surface area (Å²) in [6.07, 6.45) is 5.66. The molecule has 0 radical (unpaired) electrons. The maximum Gasteiger partial charge on any atom is 0.143 e. The van der Waals surface area contributed by atoms with E-state index in [1.807, 2.05) is 0 Å². The van der Waals surface area contributed by atoms with Crippen LogP contribution in [0.15, 0.2) is 241 Å². The molecule has 2 heteroatoms. The van der Waals surface area contributed by atoms with E-state index in [0.717, 1.165) is 61.9 Å². The average Bonchev–Trinajstić information content (AvgIpc) is 3.85. The molecule has 0 saturated heterocycles. The van der Waals surface area contributed by atoms with Crippen LogP contribution in [-0.2, 0) is 0 Å². The van der Waals surface area contributed by atoms with Crippen molar-refractivity contribution in [3.8, 4) is 39.1 Å². The van der Waals surface area contributed by atoms with E-state index >= 15 is 0 Å². The number of rotatable bonds is 7. The zero-order valence-corrected chi connectivity index (χ0v) is 35.5. The molecule has 0 aliphatic heterocycles. The van der Waals surface area contributed by atoms with Crippen molar-refractivity contribution < 1.29 is 4.42 Å². The van der Waals surface area contributed by atoms with Crippen LogP contribution in [0.1, 0.15) is 30.0 Å². The van der Waals surface area contributed by atoms with Crippen LogP contribution in [0, 0.1) is 0 Å². The number of furan rings is 1. The highest BCUT2D eigenvalue weighted by Gasteiger charge is 2.23. The SMILES string of the molecule is CC1=C(c2cccc3oc4c(-c5cccc(-c6ccccc6)c5)cc(-c5ccc6c(c5)c5ccccc5n6-c5ccccc5)cc4c23)C=C(c2ccccc2)CC=C1c1ccccc1. The van der Waals surface area contributed by atoms with Crippen LogP contribution in [0.2, 0.25) is 0 Å². The Morgan fingerprint density at radius 2 is 1.03 bits per heavy atom. The third-order valence-electron chi connectivity index (χ3n) is 13.1. The van der Waals surface area contributed by atoms with Crippen molar-refractivity contribution in [1.82, 2.24) is 4.57 Å². The third-order valence-corrected chi connectivity index (χ3v) is 13.1. The van der Waals surface area contributed by atoms with Gasteiger partial charge in [0.2, 0.25) is 0 Å². The molecule has 2 nitrogen and oxygen atoms in total. The second-order valence-electron chi connectivity index (χ2n) is 16.8. The minimum atomic E-state index is 0.826. The molecule has 12 rings (SSSR count). The molecule has 302 valence electrons. The molecule has 0 bridgehead atoms. The Kier molecular flexibility index (Phi) is 9.16. The number of aromatic nitrogens is 1. The first-order valence-electron chi connectivity index (χ1n) is 22.1. The number of benzene rings is 9. The van der Waals surface area contributed by atoms with Gasteiger partial charge in [-0.2, -0.15) is 0 Å². The summed E-state index contributed by atoms with van der Waals surface area (Å²) < 4.78 is 9.50. The van der Waals surface area contributed by atoms with Crippen LogP contribution in [0.4, 0.5) is 0 Å². The molecule has 0 saturated carbocycles. The van der Waals surface area contributed by atoms with Crippen molar-refractivity contribution in [2.24, 2.45) is 0 Å². The van der Waals surface area contributed by atoms with Crippen LogP contribution >= 0.6 is 0 Å². The second kappa shape index (κ2) is 15.6. The molecule has 2 aromatic heterocycles. The van der Waals surface area contributed by atoms with Gasteiger partial charge >= 0.3 is 0 Å². The number of para-hydroxylation sites is 2. The predicted molar refractivity (Wildman–Crippen MR) is 270 cm³/mol. The Morgan fingerprint density at radius 1 is 0.422 bits per heavy atom. The van der Waals surface area contributed by atoms with E-state index < -0.39 is 0 Å². The van der Waals surface area contributed by atoms with Gasteiger partial charge in [-0.1, -0.05) is 170 Å². The Labute approximate surface area is 373 Å². The van der Waals surface area contributed by atoms with Gasteiger partial charge in [-0.05, 0) is 141 Å². The van der Waals surface area contributed by atoms with Crippen molar-refractivity contribution in [2.75, 3.05) is 0 Å². The van der Waals surface area contributed by atoms with Gasteiger partial charge in [-0.25, -0.2) is 0 Å². The standard InChI is InChI=1S/C62H43NO/c1-41-51(44-22-10-4-11-23-44)34-32-46(43-20-8-3-9-21-43)37-54(41)53-29-17-31-60-61(53)57-40-49(39-55(62(57)64-60)48-25-16-24-45(36-48)42-18-6-2-7-19-42)47-33-35-59-56(38-47)52-28-14-15-30-58(52)63(59)50-26-12-5-13-27-50/h2-31,33-40H,32H2,1H3. The monoisotopic (exact) mass is 817 g/mol. The molecule has 1 aliphatic carbocycles. The fraction of sp³-hybridized carbons (Fsp3) is 0.0323. The zero-order valence-electron chi connectivity index (χ0n) is 35.5. The van der Waals surface area contributed by atoms with Gasteiger partial charge < -0.3 is 8.98 Å². The molecular weight excluding hydrogens is 775 g/mol. The Bertz CT molecular complexity index is 3660. The summed E-state index contributed by atoms with van der Waals surface area (Å²) in [4.78, 5) is 0. The molecule has 0 amide bonds. The maximum atomic E-state index is 7.11. The van der Waals surface area contributed by atoms with Crippen LogP contribution in [0.3, 0.4) is 0 Å². The molecule has 0 spiro atoms. The van der Waals surface area contributed by atoms with Gasteiger partial charge in [0.05, 0.1) is 11.0 Å². The molecule has 9 aromatic carbocycles. The summed E-state index contributed by atoms with van der Waals surface area (Å²) in [5.41, 5.74) is 20.7. The van der Waals surface area contributed by atoms with Crippen LogP contribution < -0.4 is 0 Å². The zero-order chi connectivity index (χ0) is 42.6. The van der Waals surface area contributed by atoms with Crippen molar-refractivity contribution >= 4 is 60.5 Å². The number of fused-ring (bicyclic) bond motifs is 6. The summed E-state index contributed by atoms with van der Waals surface area (Å²) in [5.74, 6) is 0. The fourth-order valence-electron chi connectivity index (χ4n) is 9.98. The Hall–Kier alpha value is -8.20. The fourth-order valence-corrected chi connectivity index (χ4v) is 9.98. The smallest absolute Gasteiger partial charge is 0.143 e. The van der Waals surface area contributed by atoms with E-state index in [2.05, 4.69) is 242 Å². The molecule has 11 aromatic rings. The largest absolute Gasteiger partial charge is 0.455 e. The van der Waals surface area contributed by atoms with E-state index in [1.165, 1.54) is 66.4 Å². The third kappa shape index (κ3) is 6.42. The first kappa shape index (κ1) is 37.6. The molecule has 2 heterocycles. The highest BCUT2D eigenvalue weighted by Crippen LogP contribution is 2.46. The quantitative estimate of drug-likeness (QED) is 0.157. The molecule has 0 fully saturated rings. The second-order valence-corrected chi connectivity index (χ2v) is 16.8. The molecule has 0 unspecified atom stereocenters. The van der Waals surface area contributed by atoms with Gasteiger partial charge in [-0.3, -0.25) is 0 Å². The van der Waals surface area contributed by atoms with E-state index in [-0.39, 0.29) is 0 Å². The van der Waals surface area contributed by atoms with Crippen LogP contribution in [0.5, 0.6) is 0 Å². The molecule has 64 heavy (non-hydrogen) atoms. The minimum absolute atomic E-state index is 0.826. The normalized spacial score (nSPS) is 13.1. The first-order valence-corrected chi connectivity index (χ1v) is 22.1. The van der Waals surface area contributed by atoms with Gasteiger partial charge in [0.25, 0.3) is 0 Å². The number of allylic oxidation sites excluding steroid dienone is 6. The summed E-state index contributed by atoms with van der Waals surface area (Å²) >= 11 is 0. The van der Waals surface area contributed by atoms with E-state index in [1.54, 1.807) is 0 Å². The van der Waals surface area contributed by atoms with Crippen molar-refractivity contribution in [1.29, 1.82) is 0 Å². The summed E-state index contributed by atoms with van der Waals surface area (Å²) in [6.45, 7) is 2.28. The van der Waals surface area contributed by atoms with E-state index in [9.17, 15) is 0 Å². The molecular formula is C62H43NO. The molecule has 0 N–H and O–H groups in total. The predicted octanol–water partition coefficient (Wildman–Crippen LogP) is 17.0. The number of nitrogens with zero attached hydrogens (tertiary/aromatic N) is 1. The minimum Gasteiger partial charge on any atom is -0.455 e. The van der Waals surface area contributed by atoms with Crippen LogP contribution in [-0.4, -0.2) is 4.57 Å². The van der Waals surface area contributed by atoms with Gasteiger partial charge in [-0.15, -0.1) is 0 Å². The van der Waals surface area contributed by atoms with Crippen LogP contribution in [0.25, 0.3) is 99.5 Å². The topological polar surface area (TPSA) is 18.1 Å². The summed E-state index contributed by atoms with van der Waals surface area (Å²) in [7, 11) is 0. The van der Waals surface area contributed by atoms with Crippen molar-refractivity contribution in [3.05, 3.63) is 253 Å². The highest BCUT2D eigenvalue weighted by molar-refractivity contribution is 6.17. The van der Waals surface area contributed by atoms with Gasteiger partial charge in [0.15, 0.2) is 0 Å². The number of hydrogen-bond donors (Lipinski definition) is 0. The lowest BCUT2D eigenvalue weighted by Crippen LogP contribution is -1.93. The number of hydrogen-bond acceptors (Lipinski definition) is 1. The van der Waals surface area contributed by atoms with Gasteiger partial charge in [0, 0.05) is 32.8 Å². The lowest BCUT2D eigenvalue weighted by molar-refractivity contribution is 0.670. The lowest BCUT2D eigenvalue weighted by Gasteiger charge is -2.14. The van der Waals surface area contributed by atoms with E-state index in [0.29, 0.717) is 0 Å². The van der Waals surface area contributed by atoms with Gasteiger partial charge in [0.1, 0.15) is 11.2 Å². The highest BCUT2D eigenvalue weighted by atomic mass is 16.3. The Balaban J connectivity index is 1.13. The van der Waals surface area contributed by atoms with Crippen molar-refractivity contribution in [3.63, 3.8) is 0 Å². The lowest BCUT2D eigenvalue weighted by atomic mass is 9.88. The summed E-state index contributed by atoms with van der Waals surface area (Å²) in [6, 6.07) is 78.9.